The van der Waals surface area contributed by atoms with Crippen molar-refractivity contribution < 1.29 is 4.79 Å². The van der Waals surface area contributed by atoms with Gasteiger partial charge in [-0.3, -0.25) is 9.78 Å². The van der Waals surface area contributed by atoms with Crippen LogP contribution in [0.25, 0.3) is 5.57 Å². The largest absolute Gasteiger partial charge is 0.383 e. The van der Waals surface area contributed by atoms with Crippen molar-refractivity contribution >= 4 is 11.4 Å². The maximum Gasteiger partial charge on any atom is 0.166 e. The van der Waals surface area contributed by atoms with Gasteiger partial charge in [0.15, 0.2) is 5.78 Å². The first-order chi connectivity index (χ1) is 9.15. The lowest BCUT2D eigenvalue weighted by Crippen LogP contribution is -2.09. The third-order valence-corrected chi connectivity index (χ3v) is 2.89. The van der Waals surface area contributed by atoms with Crippen LogP contribution in [0.5, 0.6) is 0 Å². The zero-order valence-electron chi connectivity index (χ0n) is 12.2. The number of hydrogen-bond acceptors (Lipinski definition) is 3. The highest BCUT2D eigenvalue weighted by atomic mass is 16.1. The number of unbranched alkanes of at least 4 members (excludes halogenated alkanes) is 3. The van der Waals surface area contributed by atoms with E-state index in [-0.39, 0.29) is 5.78 Å². The molecular weight excluding hydrogens is 236 g/mol. The van der Waals surface area contributed by atoms with Crippen LogP contribution in [-0.2, 0) is 4.79 Å². The highest BCUT2D eigenvalue weighted by Crippen LogP contribution is 2.17. The first-order valence-corrected chi connectivity index (χ1v) is 6.98. The Morgan fingerprint density at radius 2 is 2.05 bits per heavy atom. The van der Waals surface area contributed by atoms with Crippen LogP contribution in [0.1, 0.15) is 44.7 Å². The van der Waals surface area contributed by atoms with Gasteiger partial charge in [0.2, 0.25) is 0 Å². The van der Waals surface area contributed by atoms with Crippen LogP contribution in [-0.4, -0.2) is 29.8 Å². The Kier molecular flexibility index (Phi) is 6.86. The summed E-state index contributed by atoms with van der Waals surface area (Å²) in [4.78, 5) is 18.5. The molecule has 0 saturated heterocycles. The molecule has 0 bridgehead atoms. The minimum Gasteiger partial charge on any atom is -0.383 e. The maximum absolute atomic E-state index is 12.3. The monoisotopic (exact) mass is 260 g/mol. The minimum absolute atomic E-state index is 0.184. The molecule has 1 aromatic rings. The Morgan fingerprint density at radius 1 is 1.26 bits per heavy atom. The molecule has 19 heavy (non-hydrogen) atoms. The topological polar surface area (TPSA) is 33.2 Å². The Labute approximate surface area is 116 Å². The molecule has 0 spiro atoms. The highest BCUT2D eigenvalue weighted by Gasteiger charge is 2.13. The second-order valence-electron chi connectivity index (χ2n) is 4.96. The molecule has 0 aliphatic carbocycles. The van der Waals surface area contributed by atoms with E-state index in [4.69, 9.17) is 0 Å². The molecule has 0 unspecified atom stereocenters. The molecule has 3 nitrogen and oxygen atoms in total. The molecule has 1 heterocycles. The van der Waals surface area contributed by atoms with Crippen LogP contribution >= 0.6 is 0 Å². The summed E-state index contributed by atoms with van der Waals surface area (Å²) in [6.45, 7) is 2.17. The van der Waals surface area contributed by atoms with Crippen LogP contribution < -0.4 is 0 Å². The highest BCUT2D eigenvalue weighted by molar-refractivity contribution is 6.20. The van der Waals surface area contributed by atoms with Crippen molar-refractivity contribution in [2.24, 2.45) is 0 Å². The van der Waals surface area contributed by atoms with Crippen molar-refractivity contribution in [2.45, 2.75) is 39.0 Å². The molecule has 0 saturated carbocycles. The van der Waals surface area contributed by atoms with Crippen molar-refractivity contribution in [3.8, 4) is 0 Å². The molecule has 104 valence electrons. The van der Waals surface area contributed by atoms with E-state index in [1.807, 2.05) is 43.4 Å². The lowest BCUT2D eigenvalue weighted by atomic mass is 10.0. The van der Waals surface area contributed by atoms with Gasteiger partial charge in [-0.05, 0) is 18.6 Å². The Bertz CT molecular complexity index is 410. The fraction of sp³-hybridized carbons (Fsp3) is 0.500. The maximum atomic E-state index is 12.3. The van der Waals surface area contributed by atoms with Crippen molar-refractivity contribution in [2.75, 3.05) is 14.1 Å². The van der Waals surface area contributed by atoms with E-state index in [0.29, 0.717) is 12.0 Å². The van der Waals surface area contributed by atoms with E-state index in [2.05, 4.69) is 11.9 Å². The Hall–Kier alpha value is -1.64. The molecule has 0 radical (unpaired) electrons. The van der Waals surface area contributed by atoms with Crippen molar-refractivity contribution in [3.05, 3.63) is 36.3 Å². The van der Waals surface area contributed by atoms with Gasteiger partial charge in [-0.2, -0.15) is 0 Å². The summed E-state index contributed by atoms with van der Waals surface area (Å²) in [5.74, 6) is 0.184. The summed E-state index contributed by atoms with van der Waals surface area (Å²) >= 11 is 0. The Morgan fingerprint density at radius 3 is 2.63 bits per heavy atom. The van der Waals surface area contributed by atoms with Gasteiger partial charge in [0.25, 0.3) is 0 Å². The van der Waals surface area contributed by atoms with Crippen molar-refractivity contribution in [1.82, 2.24) is 9.88 Å². The summed E-state index contributed by atoms with van der Waals surface area (Å²) in [6.07, 6.45) is 8.67. The lowest BCUT2D eigenvalue weighted by molar-refractivity contribution is -0.113. The number of pyridine rings is 1. The van der Waals surface area contributed by atoms with E-state index >= 15 is 0 Å². The Balaban J connectivity index is 2.73. The summed E-state index contributed by atoms with van der Waals surface area (Å²) in [5.41, 5.74) is 1.47. The van der Waals surface area contributed by atoms with E-state index in [1.165, 1.54) is 12.8 Å². The molecule has 0 N–H and O–H groups in total. The first kappa shape index (κ1) is 15.4. The SMILES string of the molecule is CCCCCCC(=O)/C(=C\N(C)C)c1ccccn1. The van der Waals surface area contributed by atoms with Gasteiger partial charge in [-0.1, -0.05) is 32.3 Å². The fourth-order valence-corrected chi connectivity index (χ4v) is 1.91. The average molecular weight is 260 g/mol. The standard InChI is InChI=1S/C16H24N2O/c1-4-5-6-7-11-16(19)14(13-18(2)3)15-10-8-9-12-17-15/h8-10,12-13H,4-7,11H2,1-3H3/b14-13-. The van der Waals surface area contributed by atoms with E-state index in [9.17, 15) is 4.79 Å². The van der Waals surface area contributed by atoms with Gasteiger partial charge in [-0.25, -0.2) is 0 Å². The number of hydrogen-bond donors (Lipinski definition) is 0. The normalized spacial score (nSPS) is 11.4. The second kappa shape index (κ2) is 8.46. The predicted octanol–water partition coefficient (Wildman–Crippen LogP) is 3.52. The number of allylic oxidation sites excluding steroid dienone is 1. The van der Waals surface area contributed by atoms with E-state index < -0.39 is 0 Å². The minimum atomic E-state index is 0.184. The number of ketones is 1. The molecule has 0 amide bonds. The molecule has 1 aromatic heterocycles. The molecule has 0 atom stereocenters. The van der Waals surface area contributed by atoms with Gasteiger partial charge >= 0.3 is 0 Å². The molecular formula is C16H24N2O. The van der Waals surface area contributed by atoms with Crippen LogP contribution in [0, 0.1) is 0 Å². The van der Waals surface area contributed by atoms with Crippen LogP contribution in [0.15, 0.2) is 30.6 Å². The summed E-state index contributed by atoms with van der Waals surface area (Å²) < 4.78 is 0. The van der Waals surface area contributed by atoms with Crippen LogP contribution in [0.4, 0.5) is 0 Å². The van der Waals surface area contributed by atoms with Gasteiger partial charge in [-0.15, -0.1) is 0 Å². The number of Topliss-reactive ketones (excluding diaryl/α,β-unsaturated/α-hetero) is 1. The van der Waals surface area contributed by atoms with Gasteiger partial charge in [0, 0.05) is 32.9 Å². The molecule has 0 aliphatic heterocycles. The fourth-order valence-electron chi connectivity index (χ4n) is 1.91. The number of carbonyl (C=O) groups excluding carboxylic acids is 1. The van der Waals surface area contributed by atoms with E-state index in [1.54, 1.807) is 6.20 Å². The van der Waals surface area contributed by atoms with Gasteiger partial charge in [0.05, 0.1) is 11.3 Å². The predicted molar refractivity (Wildman–Crippen MR) is 79.7 cm³/mol. The molecule has 3 heteroatoms. The lowest BCUT2D eigenvalue weighted by Gasteiger charge is -2.11. The molecule has 0 aromatic carbocycles. The van der Waals surface area contributed by atoms with Crippen LogP contribution in [0.2, 0.25) is 0 Å². The number of rotatable bonds is 8. The molecule has 1 rings (SSSR count). The number of nitrogens with zero attached hydrogens (tertiary/aromatic N) is 2. The summed E-state index contributed by atoms with van der Waals surface area (Å²) in [6, 6.07) is 5.66. The zero-order valence-corrected chi connectivity index (χ0v) is 12.2. The van der Waals surface area contributed by atoms with Crippen molar-refractivity contribution in [3.63, 3.8) is 0 Å². The average Bonchev–Trinajstić information content (AvgIpc) is 2.41. The van der Waals surface area contributed by atoms with Crippen LogP contribution in [0.3, 0.4) is 0 Å². The number of aromatic nitrogens is 1. The quantitative estimate of drug-likeness (QED) is 0.529. The van der Waals surface area contributed by atoms with E-state index in [0.717, 1.165) is 18.5 Å². The van der Waals surface area contributed by atoms with Gasteiger partial charge in [0.1, 0.15) is 0 Å². The molecule has 0 aliphatic rings. The third kappa shape index (κ3) is 5.69. The third-order valence-electron chi connectivity index (χ3n) is 2.89. The first-order valence-electron chi connectivity index (χ1n) is 6.98. The number of carbonyl (C=O) groups is 1. The molecule has 0 fully saturated rings. The summed E-state index contributed by atoms with van der Waals surface area (Å²) in [5, 5.41) is 0. The summed E-state index contributed by atoms with van der Waals surface area (Å²) in [7, 11) is 3.85. The zero-order chi connectivity index (χ0) is 14.1. The second-order valence-corrected chi connectivity index (χ2v) is 4.96. The smallest absolute Gasteiger partial charge is 0.166 e. The van der Waals surface area contributed by atoms with Crippen molar-refractivity contribution in [1.29, 1.82) is 0 Å². The van der Waals surface area contributed by atoms with Gasteiger partial charge < -0.3 is 4.90 Å².